The second kappa shape index (κ2) is 6.04. The van der Waals surface area contributed by atoms with Crippen molar-refractivity contribution in [1.29, 1.82) is 0 Å². The van der Waals surface area contributed by atoms with Gasteiger partial charge in [-0.15, -0.1) is 0 Å². The number of piperazine rings is 1. The van der Waals surface area contributed by atoms with Crippen molar-refractivity contribution in [2.45, 2.75) is 58.7 Å². The molecule has 2 rings (SSSR count). The van der Waals surface area contributed by atoms with Gasteiger partial charge in [-0.05, 0) is 58.4 Å². The quantitative estimate of drug-likeness (QED) is 0.911. The summed E-state index contributed by atoms with van der Waals surface area (Å²) in [5.41, 5.74) is 1.49. The number of ether oxygens (including phenoxy) is 1. The first kappa shape index (κ1) is 15.2. The van der Waals surface area contributed by atoms with Gasteiger partial charge in [0, 0.05) is 30.4 Å². The summed E-state index contributed by atoms with van der Waals surface area (Å²) in [5, 5.41) is 3.67. The molecule has 1 aliphatic rings. The molecule has 1 aromatic carbocycles. The molecule has 1 aliphatic heterocycles. The Hall–Kier alpha value is -1.22. The van der Waals surface area contributed by atoms with Gasteiger partial charge in [-0.25, -0.2) is 0 Å². The van der Waals surface area contributed by atoms with Crippen LogP contribution in [0.1, 0.15) is 41.0 Å². The second-order valence-corrected chi connectivity index (χ2v) is 6.43. The fourth-order valence-corrected chi connectivity index (χ4v) is 2.66. The van der Waals surface area contributed by atoms with E-state index in [4.69, 9.17) is 4.74 Å². The van der Waals surface area contributed by atoms with E-state index in [9.17, 15) is 0 Å². The summed E-state index contributed by atoms with van der Waals surface area (Å²) in [6, 6.07) is 9.03. The van der Waals surface area contributed by atoms with Gasteiger partial charge in [0.15, 0.2) is 0 Å². The van der Waals surface area contributed by atoms with Crippen molar-refractivity contribution in [3.8, 4) is 5.75 Å². The summed E-state index contributed by atoms with van der Waals surface area (Å²) in [5.74, 6) is 0.949. The molecule has 0 radical (unpaired) electrons. The first-order valence-corrected chi connectivity index (χ1v) is 7.72. The van der Waals surface area contributed by atoms with Gasteiger partial charge in [0.2, 0.25) is 0 Å². The molecule has 2 unspecified atom stereocenters. The third kappa shape index (κ3) is 3.45. The van der Waals surface area contributed by atoms with Gasteiger partial charge >= 0.3 is 0 Å². The number of hydrogen-bond donors (Lipinski definition) is 1. The number of nitrogens with zero attached hydrogens (tertiary/aromatic N) is 1. The van der Waals surface area contributed by atoms with Gasteiger partial charge < -0.3 is 15.0 Å². The molecule has 112 valence electrons. The Bertz CT molecular complexity index is 429. The van der Waals surface area contributed by atoms with Crippen LogP contribution < -0.4 is 15.0 Å². The van der Waals surface area contributed by atoms with Gasteiger partial charge in [-0.1, -0.05) is 6.92 Å². The highest BCUT2D eigenvalue weighted by molar-refractivity contribution is 5.51. The Balaban J connectivity index is 2.13. The SMILES string of the molecule is CCC1(C)CN(c2ccc(OC(C)C)cc2)C(C)CN1. The minimum absolute atomic E-state index is 0.208. The van der Waals surface area contributed by atoms with Gasteiger partial charge in [-0.3, -0.25) is 0 Å². The van der Waals surface area contributed by atoms with Crippen LogP contribution in [0.25, 0.3) is 0 Å². The first-order chi connectivity index (χ1) is 9.43. The van der Waals surface area contributed by atoms with Crippen molar-refractivity contribution in [2.75, 3.05) is 18.0 Å². The van der Waals surface area contributed by atoms with Crippen LogP contribution in [0.15, 0.2) is 24.3 Å². The predicted octanol–water partition coefficient (Wildman–Crippen LogP) is 3.44. The van der Waals surface area contributed by atoms with Crippen molar-refractivity contribution in [3.63, 3.8) is 0 Å². The van der Waals surface area contributed by atoms with Crippen LogP contribution in [0.5, 0.6) is 5.75 Å². The van der Waals surface area contributed by atoms with Crippen molar-refractivity contribution in [1.82, 2.24) is 5.32 Å². The molecule has 0 aliphatic carbocycles. The summed E-state index contributed by atoms with van der Waals surface area (Å²) >= 11 is 0. The van der Waals surface area contributed by atoms with E-state index in [0.29, 0.717) is 6.04 Å². The van der Waals surface area contributed by atoms with E-state index in [1.165, 1.54) is 5.69 Å². The van der Waals surface area contributed by atoms with Crippen LogP contribution in [-0.4, -0.2) is 30.8 Å². The Morgan fingerprint density at radius 3 is 2.55 bits per heavy atom. The number of benzene rings is 1. The predicted molar refractivity (Wildman–Crippen MR) is 85.7 cm³/mol. The third-order valence-corrected chi connectivity index (χ3v) is 4.20. The standard InChI is InChI=1S/C17H28N2O/c1-6-17(5)12-19(14(4)11-18-17)15-7-9-16(10-8-15)20-13(2)3/h7-10,13-14,18H,6,11-12H2,1-5H3. The summed E-state index contributed by atoms with van der Waals surface area (Å²) in [6.07, 6.45) is 1.37. The highest BCUT2D eigenvalue weighted by Gasteiger charge is 2.32. The van der Waals surface area contributed by atoms with E-state index < -0.39 is 0 Å². The fraction of sp³-hybridized carbons (Fsp3) is 0.647. The van der Waals surface area contributed by atoms with Crippen molar-refractivity contribution < 1.29 is 4.74 Å². The monoisotopic (exact) mass is 276 g/mol. The van der Waals surface area contributed by atoms with E-state index >= 15 is 0 Å². The zero-order valence-electron chi connectivity index (χ0n) is 13.4. The normalized spacial score (nSPS) is 26.9. The van der Waals surface area contributed by atoms with E-state index in [-0.39, 0.29) is 11.6 Å². The summed E-state index contributed by atoms with van der Waals surface area (Å²) < 4.78 is 5.71. The molecule has 0 aromatic heterocycles. The molecular formula is C17H28N2O. The minimum atomic E-state index is 0.208. The third-order valence-electron chi connectivity index (χ3n) is 4.20. The largest absolute Gasteiger partial charge is 0.491 e. The molecule has 0 saturated carbocycles. The van der Waals surface area contributed by atoms with E-state index in [2.05, 4.69) is 69.1 Å². The van der Waals surface area contributed by atoms with Crippen LogP contribution >= 0.6 is 0 Å². The maximum atomic E-state index is 5.71. The average molecular weight is 276 g/mol. The highest BCUT2D eigenvalue weighted by Crippen LogP contribution is 2.27. The summed E-state index contributed by atoms with van der Waals surface area (Å²) in [7, 11) is 0. The number of nitrogens with one attached hydrogen (secondary N) is 1. The molecule has 3 nitrogen and oxygen atoms in total. The van der Waals surface area contributed by atoms with Crippen LogP contribution in [0.3, 0.4) is 0 Å². The lowest BCUT2D eigenvalue weighted by Gasteiger charge is -2.46. The molecular weight excluding hydrogens is 248 g/mol. The molecule has 0 bridgehead atoms. The lowest BCUT2D eigenvalue weighted by molar-refractivity contribution is 0.242. The van der Waals surface area contributed by atoms with Crippen molar-refractivity contribution in [2.24, 2.45) is 0 Å². The molecule has 2 atom stereocenters. The maximum Gasteiger partial charge on any atom is 0.119 e. The molecule has 0 spiro atoms. The lowest BCUT2D eigenvalue weighted by Crippen LogP contribution is -2.62. The zero-order valence-corrected chi connectivity index (χ0v) is 13.4. The topological polar surface area (TPSA) is 24.5 Å². The molecule has 1 aromatic rings. The van der Waals surface area contributed by atoms with Gasteiger partial charge in [-0.2, -0.15) is 0 Å². The van der Waals surface area contributed by atoms with E-state index in [1.54, 1.807) is 0 Å². The zero-order chi connectivity index (χ0) is 14.8. The number of hydrogen-bond acceptors (Lipinski definition) is 3. The highest BCUT2D eigenvalue weighted by atomic mass is 16.5. The lowest BCUT2D eigenvalue weighted by atomic mass is 9.93. The first-order valence-electron chi connectivity index (χ1n) is 7.72. The van der Waals surface area contributed by atoms with E-state index in [1.807, 2.05) is 0 Å². The molecule has 3 heteroatoms. The smallest absolute Gasteiger partial charge is 0.119 e. The Labute approximate surface area is 123 Å². The van der Waals surface area contributed by atoms with Crippen LogP contribution in [0.4, 0.5) is 5.69 Å². The van der Waals surface area contributed by atoms with Crippen molar-refractivity contribution in [3.05, 3.63) is 24.3 Å². The molecule has 1 fully saturated rings. The maximum absolute atomic E-state index is 5.71. The van der Waals surface area contributed by atoms with Crippen molar-refractivity contribution >= 4 is 5.69 Å². The van der Waals surface area contributed by atoms with E-state index in [0.717, 1.165) is 25.3 Å². The Morgan fingerprint density at radius 2 is 2.00 bits per heavy atom. The summed E-state index contributed by atoms with van der Waals surface area (Å²) in [6.45, 7) is 13.0. The van der Waals surface area contributed by atoms with Gasteiger partial charge in [0.25, 0.3) is 0 Å². The van der Waals surface area contributed by atoms with Crippen LogP contribution in [-0.2, 0) is 0 Å². The fourth-order valence-electron chi connectivity index (χ4n) is 2.66. The van der Waals surface area contributed by atoms with Gasteiger partial charge in [0.05, 0.1) is 6.10 Å². The Kier molecular flexibility index (Phi) is 4.59. The Morgan fingerprint density at radius 1 is 1.35 bits per heavy atom. The summed E-state index contributed by atoms with van der Waals surface area (Å²) in [4.78, 5) is 2.50. The van der Waals surface area contributed by atoms with Crippen LogP contribution in [0, 0.1) is 0 Å². The van der Waals surface area contributed by atoms with Crippen LogP contribution in [0.2, 0.25) is 0 Å². The molecule has 1 N–H and O–H groups in total. The molecule has 1 saturated heterocycles. The average Bonchev–Trinajstić information content (AvgIpc) is 2.42. The minimum Gasteiger partial charge on any atom is -0.491 e. The molecule has 20 heavy (non-hydrogen) atoms. The van der Waals surface area contributed by atoms with Gasteiger partial charge in [0.1, 0.15) is 5.75 Å². The number of anilines is 1. The number of rotatable bonds is 4. The molecule has 0 amide bonds. The second-order valence-electron chi connectivity index (χ2n) is 6.43. The molecule has 1 heterocycles.